The number of aliphatic hydroxyl groups is 8. The van der Waals surface area contributed by atoms with Crippen LogP contribution < -0.4 is 15.5 Å². The van der Waals surface area contributed by atoms with E-state index in [1.807, 2.05) is 0 Å². The second kappa shape index (κ2) is 18.1. The number of benzene rings is 1. The lowest BCUT2D eigenvalue weighted by molar-refractivity contribution is -0.121. The minimum Gasteiger partial charge on any atom is -0.395 e. The first-order chi connectivity index (χ1) is 18.3. The third-order valence-corrected chi connectivity index (χ3v) is 8.46. The lowest BCUT2D eigenvalue weighted by atomic mass is 10.1. The molecule has 1 rings (SSSR count). The molecule has 0 fully saturated rings. The van der Waals surface area contributed by atoms with Crippen molar-refractivity contribution in [1.29, 1.82) is 0 Å². The smallest absolute Gasteiger partial charge is 0.253 e. The number of anilines is 1. The number of amides is 3. The number of hydrogen-bond acceptors (Lipinski definition) is 11. The fourth-order valence-electron chi connectivity index (χ4n) is 3.37. The highest BCUT2D eigenvalue weighted by atomic mass is 127. The summed E-state index contributed by atoms with van der Waals surface area (Å²) >= 11 is 5.37. The zero-order valence-electron chi connectivity index (χ0n) is 20.6. The number of carbonyl (C=O) groups excluding carboxylic acids is 3. The molecule has 0 bridgehead atoms. The maximum Gasteiger partial charge on any atom is 0.253 e. The van der Waals surface area contributed by atoms with Crippen LogP contribution in [0.5, 0.6) is 0 Å². The molecule has 1 aromatic rings. The predicted molar refractivity (Wildman–Crippen MR) is 163 cm³/mol. The molecule has 17 heteroatoms. The summed E-state index contributed by atoms with van der Waals surface area (Å²) in [5, 5.41) is 81.1. The van der Waals surface area contributed by atoms with Crippen LogP contribution in [0.2, 0.25) is 0 Å². The average molecular weight is 895 g/mol. The normalized spacial score (nSPS) is 14.3. The lowest BCUT2D eigenvalue weighted by Gasteiger charge is -2.27. The van der Waals surface area contributed by atoms with Gasteiger partial charge in [-0.2, -0.15) is 0 Å². The van der Waals surface area contributed by atoms with Gasteiger partial charge in [-0.15, -0.1) is 0 Å². The number of nitrogens with zero attached hydrogens (tertiary/aromatic N) is 1. The Morgan fingerprint density at radius 2 is 1.10 bits per heavy atom. The monoisotopic (exact) mass is 895 g/mol. The molecule has 4 atom stereocenters. The highest BCUT2D eigenvalue weighted by Crippen LogP contribution is 2.38. The van der Waals surface area contributed by atoms with Crippen LogP contribution in [0.25, 0.3) is 0 Å². The first kappa shape index (κ1) is 36.5. The molecule has 0 aliphatic rings. The average Bonchev–Trinajstić information content (AvgIpc) is 2.89. The molecule has 0 spiro atoms. The summed E-state index contributed by atoms with van der Waals surface area (Å²) in [5.74, 6) is -2.28. The molecule has 1 aromatic carbocycles. The van der Waals surface area contributed by atoms with E-state index in [1.54, 1.807) is 67.8 Å². The fraction of sp³-hybridized carbons (Fsp3) is 0.591. The van der Waals surface area contributed by atoms with E-state index in [9.17, 15) is 45.0 Å². The molecule has 3 amide bonds. The predicted octanol–water partition coefficient (Wildman–Crippen LogP) is -2.51. The van der Waals surface area contributed by atoms with Gasteiger partial charge in [-0.3, -0.25) is 14.4 Å². The molecular formula is C22H32I3N3O11. The first-order valence-corrected chi connectivity index (χ1v) is 14.8. The lowest BCUT2D eigenvalue weighted by Crippen LogP contribution is -2.40. The standard InChI is InChI=1S/C22H32I3N3O11/c23-17-15(21(38)26-5-10(33)3-12(35)7-30)18(24)20(28(1-2-29)14(37)9-32)19(25)16(17)22(39)27-6-11(34)4-13(36)8-31/h10-13,29-36H,1-9H2,(H,26,38)(H,27,39). The topological polar surface area (TPSA) is 240 Å². The molecule has 0 aliphatic heterocycles. The molecular weight excluding hydrogens is 863 g/mol. The van der Waals surface area contributed by atoms with Gasteiger partial charge >= 0.3 is 0 Å². The zero-order valence-corrected chi connectivity index (χ0v) is 27.0. The summed E-state index contributed by atoms with van der Waals surface area (Å²) in [6.07, 6.45) is -5.20. The van der Waals surface area contributed by atoms with Gasteiger partial charge in [0, 0.05) is 36.0 Å². The fourth-order valence-corrected chi connectivity index (χ4v) is 8.10. The van der Waals surface area contributed by atoms with E-state index in [2.05, 4.69) is 10.6 Å². The molecule has 14 nitrogen and oxygen atoms in total. The third kappa shape index (κ3) is 10.7. The number of nitrogens with one attached hydrogen (secondary N) is 2. The van der Waals surface area contributed by atoms with E-state index in [1.165, 1.54) is 0 Å². The molecule has 0 saturated heterocycles. The van der Waals surface area contributed by atoms with Crippen LogP contribution >= 0.6 is 67.8 Å². The highest BCUT2D eigenvalue weighted by molar-refractivity contribution is 14.1. The Bertz CT molecular complexity index is 941. The van der Waals surface area contributed by atoms with E-state index in [0.29, 0.717) is 0 Å². The van der Waals surface area contributed by atoms with Gasteiger partial charge in [-0.05, 0) is 67.8 Å². The van der Waals surface area contributed by atoms with Crippen molar-refractivity contribution in [2.24, 2.45) is 0 Å². The van der Waals surface area contributed by atoms with Crippen LogP contribution in [0, 0.1) is 10.7 Å². The number of carbonyl (C=O) groups is 3. The van der Waals surface area contributed by atoms with Crippen molar-refractivity contribution in [2.45, 2.75) is 37.3 Å². The summed E-state index contributed by atoms with van der Waals surface area (Å²) in [7, 11) is 0. The molecule has 39 heavy (non-hydrogen) atoms. The number of hydrogen-bond donors (Lipinski definition) is 10. The van der Waals surface area contributed by atoms with Crippen LogP contribution in [0.4, 0.5) is 5.69 Å². The summed E-state index contributed by atoms with van der Waals surface area (Å²) in [6, 6.07) is 0. The van der Waals surface area contributed by atoms with Crippen LogP contribution in [-0.2, 0) is 4.79 Å². The maximum atomic E-state index is 13.3. The van der Waals surface area contributed by atoms with Crippen molar-refractivity contribution in [3.05, 3.63) is 21.8 Å². The Labute approximate surface area is 265 Å². The van der Waals surface area contributed by atoms with Gasteiger partial charge in [0.2, 0.25) is 0 Å². The zero-order chi connectivity index (χ0) is 29.9. The Hall–Kier alpha value is -0.500. The van der Waals surface area contributed by atoms with Gasteiger partial charge in [0.25, 0.3) is 17.7 Å². The van der Waals surface area contributed by atoms with Gasteiger partial charge in [-0.1, -0.05) is 0 Å². The Morgan fingerprint density at radius 3 is 1.44 bits per heavy atom. The molecule has 4 unspecified atom stereocenters. The molecule has 10 N–H and O–H groups in total. The van der Waals surface area contributed by atoms with Gasteiger partial charge < -0.3 is 56.4 Å². The van der Waals surface area contributed by atoms with E-state index in [4.69, 9.17) is 10.2 Å². The summed E-state index contributed by atoms with van der Waals surface area (Å²) in [5.41, 5.74) is -0.0132. The van der Waals surface area contributed by atoms with Crippen LogP contribution in [-0.4, -0.2) is 129 Å². The van der Waals surface area contributed by atoms with E-state index in [0.717, 1.165) is 4.90 Å². The second-order valence-corrected chi connectivity index (χ2v) is 11.6. The van der Waals surface area contributed by atoms with Crippen LogP contribution in [0.1, 0.15) is 33.6 Å². The quantitative estimate of drug-likeness (QED) is 0.0778. The van der Waals surface area contributed by atoms with Gasteiger partial charge in [-0.25, -0.2) is 0 Å². The highest BCUT2D eigenvalue weighted by Gasteiger charge is 2.32. The maximum absolute atomic E-state index is 13.3. The Kier molecular flexibility index (Phi) is 17.0. The molecule has 222 valence electrons. The number of rotatable bonds is 16. The minimum atomic E-state index is -1.20. The van der Waals surface area contributed by atoms with Crippen molar-refractivity contribution < 1.29 is 55.2 Å². The summed E-state index contributed by atoms with van der Waals surface area (Å²) in [6.45, 7) is -3.43. The van der Waals surface area contributed by atoms with Gasteiger partial charge in [0.15, 0.2) is 0 Å². The minimum absolute atomic E-state index is 0.0448. The molecule has 0 heterocycles. The van der Waals surface area contributed by atoms with Gasteiger partial charge in [0.1, 0.15) is 6.61 Å². The van der Waals surface area contributed by atoms with Crippen molar-refractivity contribution in [1.82, 2.24) is 10.6 Å². The number of aliphatic hydroxyl groups excluding tert-OH is 8. The Morgan fingerprint density at radius 1 is 0.692 bits per heavy atom. The van der Waals surface area contributed by atoms with E-state index in [-0.39, 0.29) is 60.0 Å². The molecule has 0 saturated carbocycles. The van der Waals surface area contributed by atoms with Crippen LogP contribution in [0.15, 0.2) is 0 Å². The van der Waals surface area contributed by atoms with Gasteiger partial charge in [0.05, 0.1) is 68.2 Å². The van der Waals surface area contributed by atoms with Crippen molar-refractivity contribution in [3.8, 4) is 0 Å². The summed E-state index contributed by atoms with van der Waals surface area (Å²) < 4.78 is 0.582. The molecule has 0 aromatic heterocycles. The summed E-state index contributed by atoms with van der Waals surface area (Å²) in [4.78, 5) is 40.1. The second-order valence-electron chi connectivity index (χ2n) is 8.34. The number of halogens is 3. The Balaban J connectivity index is 3.54. The van der Waals surface area contributed by atoms with Crippen molar-refractivity contribution in [3.63, 3.8) is 0 Å². The first-order valence-electron chi connectivity index (χ1n) is 11.6. The molecule has 0 radical (unpaired) electrons. The van der Waals surface area contributed by atoms with E-state index >= 15 is 0 Å². The van der Waals surface area contributed by atoms with E-state index < -0.39 is 68.6 Å². The third-order valence-electron chi connectivity index (χ3n) is 5.28. The van der Waals surface area contributed by atoms with Crippen LogP contribution in [0.3, 0.4) is 0 Å². The largest absolute Gasteiger partial charge is 0.395 e. The van der Waals surface area contributed by atoms with Crippen molar-refractivity contribution >= 4 is 91.2 Å². The molecule has 0 aliphatic carbocycles. The van der Waals surface area contributed by atoms with Crippen molar-refractivity contribution in [2.75, 3.05) is 51.0 Å². The SMILES string of the molecule is O=C(NCC(O)CC(O)CO)c1c(I)c(C(=O)NCC(O)CC(O)CO)c(I)c(N(CCO)C(=O)CO)c1I.